The molecule has 0 saturated heterocycles. The van der Waals surface area contributed by atoms with Crippen molar-refractivity contribution in [2.45, 2.75) is 39.3 Å². The lowest BCUT2D eigenvalue weighted by Gasteiger charge is -2.15. The summed E-state index contributed by atoms with van der Waals surface area (Å²) in [6.07, 6.45) is -3.89. The lowest BCUT2D eigenvalue weighted by Crippen LogP contribution is -2.17. The third-order valence-electron chi connectivity index (χ3n) is 6.66. The van der Waals surface area contributed by atoms with Crippen LogP contribution in [0, 0.1) is 0 Å². The number of carbonyl (C=O) groups excluding carboxylic acids is 1. The molecule has 0 radical (unpaired) electrons. The number of benzene rings is 4. The van der Waals surface area contributed by atoms with Gasteiger partial charge in [-0.2, -0.15) is 0 Å². The van der Waals surface area contributed by atoms with Crippen LogP contribution in [0.2, 0.25) is 0 Å². The number of alkyl halides is 3. The van der Waals surface area contributed by atoms with Gasteiger partial charge in [0.15, 0.2) is 0 Å². The molecule has 9 heteroatoms. The molecule has 0 atom stereocenters. The maximum Gasteiger partial charge on any atom is 0.573 e. The van der Waals surface area contributed by atoms with Gasteiger partial charge in [-0.15, -0.1) is 13.2 Å². The van der Waals surface area contributed by atoms with Crippen molar-refractivity contribution in [1.29, 1.82) is 0 Å². The molecule has 5 rings (SSSR count). The number of esters is 1. The van der Waals surface area contributed by atoms with Gasteiger partial charge in [0.25, 0.3) is 0 Å². The maximum absolute atomic E-state index is 12.7. The highest BCUT2D eigenvalue weighted by atomic mass is 19.4. The Morgan fingerprint density at radius 1 is 0.857 bits per heavy atom. The van der Waals surface area contributed by atoms with E-state index in [0.29, 0.717) is 49.7 Å². The average molecular weight is 575 g/mol. The van der Waals surface area contributed by atoms with E-state index in [1.165, 1.54) is 12.1 Å². The molecular formula is C33H29F3N2O4. The topological polar surface area (TPSA) is 62.6 Å². The summed E-state index contributed by atoms with van der Waals surface area (Å²) >= 11 is 0. The molecule has 0 spiro atoms. The molecule has 0 N–H and O–H groups in total. The molecule has 1 heterocycles. The van der Waals surface area contributed by atoms with Gasteiger partial charge in [-0.3, -0.25) is 4.79 Å². The van der Waals surface area contributed by atoms with Crippen molar-refractivity contribution < 1.29 is 32.2 Å². The van der Waals surface area contributed by atoms with E-state index in [1.54, 1.807) is 19.1 Å². The second kappa shape index (κ2) is 12.8. The Bertz CT molecular complexity index is 1660. The summed E-state index contributed by atoms with van der Waals surface area (Å²) in [5.74, 6) is 0.803. The number of aromatic nitrogens is 2. The van der Waals surface area contributed by atoms with Crippen LogP contribution in [0.4, 0.5) is 13.2 Å². The lowest BCUT2D eigenvalue weighted by atomic mass is 10.1. The second-order valence-electron chi connectivity index (χ2n) is 9.59. The Kier molecular flexibility index (Phi) is 8.76. The van der Waals surface area contributed by atoms with Crippen molar-refractivity contribution >= 4 is 17.0 Å². The molecule has 4 aromatic carbocycles. The van der Waals surface area contributed by atoms with Crippen molar-refractivity contribution in [1.82, 2.24) is 9.55 Å². The fourth-order valence-corrected chi connectivity index (χ4v) is 4.72. The zero-order valence-corrected chi connectivity index (χ0v) is 22.9. The molecule has 216 valence electrons. The number of para-hydroxylation sites is 2. The van der Waals surface area contributed by atoms with Gasteiger partial charge in [-0.25, -0.2) is 4.98 Å². The highest BCUT2D eigenvalue weighted by Crippen LogP contribution is 2.30. The normalized spacial score (nSPS) is 11.4. The lowest BCUT2D eigenvalue weighted by molar-refractivity contribution is -0.274. The Labute approximate surface area is 241 Å². The zero-order valence-electron chi connectivity index (χ0n) is 22.9. The molecule has 1 aromatic heterocycles. The monoisotopic (exact) mass is 574 g/mol. The van der Waals surface area contributed by atoms with Gasteiger partial charge < -0.3 is 18.8 Å². The van der Waals surface area contributed by atoms with Crippen LogP contribution in [-0.2, 0) is 29.1 Å². The molecule has 6 nitrogen and oxygen atoms in total. The molecule has 0 amide bonds. The van der Waals surface area contributed by atoms with E-state index in [9.17, 15) is 18.0 Å². The summed E-state index contributed by atoms with van der Waals surface area (Å²) in [6, 6.07) is 29.0. The first-order valence-corrected chi connectivity index (χ1v) is 13.5. The number of rotatable bonds is 11. The van der Waals surface area contributed by atoms with Crippen LogP contribution in [0.1, 0.15) is 30.0 Å². The summed E-state index contributed by atoms with van der Waals surface area (Å²) < 4.78 is 55.2. The molecule has 0 bridgehead atoms. The highest BCUT2D eigenvalue weighted by Gasteiger charge is 2.31. The number of carbonyl (C=O) groups is 1. The Hall–Kier alpha value is -4.79. The fraction of sp³-hybridized carbons (Fsp3) is 0.212. The van der Waals surface area contributed by atoms with Crippen molar-refractivity contribution in [3.8, 4) is 22.9 Å². The molecule has 0 aliphatic carbocycles. The smallest absolute Gasteiger partial charge is 0.489 e. The van der Waals surface area contributed by atoms with Gasteiger partial charge in [-0.05, 0) is 78.6 Å². The van der Waals surface area contributed by atoms with E-state index in [0.717, 1.165) is 27.7 Å². The molecule has 0 aliphatic rings. The number of imidazole rings is 1. The standard InChI is InChI=1S/C33H29F3N2O4/c1-2-40-31(39)19-14-23-8-7-11-28(20-23)41-22-26-10-4-3-9-25(26)21-38-30-13-6-5-12-29(30)37-32(38)24-15-17-27(18-16-24)42-33(34,35)36/h3-13,15-18,20H,2,14,19,21-22H2,1H3. The molecule has 42 heavy (non-hydrogen) atoms. The third-order valence-corrected chi connectivity index (χ3v) is 6.66. The molecule has 5 aromatic rings. The summed E-state index contributed by atoms with van der Waals surface area (Å²) in [5.41, 5.74) is 5.30. The minimum absolute atomic E-state index is 0.227. The van der Waals surface area contributed by atoms with E-state index < -0.39 is 6.36 Å². The first kappa shape index (κ1) is 28.7. The van der Waals surface area contributed by atoms with Crippen LogP contribution in [0.5, 0.6) is 11.5 Å². The van der Waals surface area contributed by atoms with Crippen molar-refractivity contribution in [3.05, 3.63) is 114 Å². The summed E-state index contributed by atoms with van der Waals surface area (Å²) in [4.78, 5) is 16.5. The van der Waals surface area contributed by atoms with Crippen LogP contribution < -0.4 is 9.47 Å². The van der Waals surface area contributed by atoms with Gasteiger partial charge >= 0.3 is 12.3 Å². The van der Waals surface area contributed by atoms with Crippen LogP contribution >= 0.6 is 0 Å². The quantitative estimate of drug-likeness (QED) is 0.151. The van der Waals surface area contributed by atoms with Crippen molar-refractivity contribution in [3.63, 3.8) is 0 Å². The molecule has 0 fully saturated rings. The van der Waals surface area contributed by atoms with E-state index in [-0.39, 0.29) is 11.7 Å². The van der Waals surface area contributed by atoms with Gasteiger partial charge in [0, 0.05) is 12.0 Å². The van der Waals surface area contributed by atoms with E-state index >= 15 is 0 Å². The van der Waals surface area contributed by atoms with E-state index in [4.69, 9.17) is 14.5 Å². The van der Waals surface area contributed by atoms with Gasteiger partial charge in [-0.1, -0.05) is 48.5 Å². The SMILES string of the molecule is CCOC(=O)CCc1cccc(OCc2ccccc2Cn2c(-c3ccc(OC(F)(F)F)cc3)nc3ccccc32)c1. The Morgan fingerprint density at radius 2 is 1.60 bits per heavy atom. The molecule has 0 saturated carbocycles. The van der Waals surface area contributed by atoms with Crippen molar-refractivity contribution in [2.75, 3.05) is 6.61 Å². The predicted octanol–water partition coefficient (Wildman–Crippen LogP) is 7.72. The van der Waals surface area contributed by atoms with Crippen LogP contribution in [0.3, 0.4) is 0 Å². The second-order valence-corrected chi connectivity index (χ2v) is 9.59. The number of hydrogen-bond donors (Lipinski definition) is 0. The number of halogens is 3. The highest BCUT2D eigenvalue weighted by molar-refractivity contribution is 5.81. The summed E-state index contributed by atoms with van der Waals surface area (Å²) in [6.45, 7) is 2.94. The van der Waals surface area contributed by atoms with Gasteiger partial charge in [0.05, 0.1) is 24.2 Å². The number of fused-ring (bicyclic) bond motifs is 1. The minimum atomic E-state index is -4.76. The first-order chi connectivity index (χ1) is 20.3. The van der Waals surface area contributed by atoms with Crippen LogP contribution in [0.15, 0.2) is 97.1 Å². The Balaban J connectivity index is 1.37. The van der Waals surface area contributed by atoms with Crippen LogP contribution in [0.25, 0.3) is 22.4 Å². The van der Waals surface area contributed by atoms with Crippen LogP contribution in [-0.4, -0.2) is 28.5 Å². The van der Waals surface area contributed by atoms with E-state index in [2.05, 4.69) is 4.74 Å². The number of aryl methyl sites for hydroxylation is 1. The number of hydrogen-bond acceptors (Lipinski definition) is 5. The van der Waals surface area contributed by atoms with Gasteiger partial charge in [0.2, 0.25) is 0 Å². The maximum atomic E-state index is 12.7. The molecular weight excluding hydrogens is 545 g/mol. The average Bonchev–Trinajstić information content (AvgIpc) is 3.34. The molecule has 0 unspecified atom stereocenters. The Morgan fingerprint density at radius 3 is 2.36 bits per heavy atom. The summed E-state index contributed by atoms with van der Waals surface area (Å²) in [5, 5.41) is 0. The first-order valence-electron chi connectivity index (χ1n) is 13.5. The summed E-state index contributed by atoms with van der Waals surface area (Å²) in [7, 11) is 0. The van der Waals surface area contributed by atoms with Crippen molar-refractivity contribution in [2.24, 2.45) is 0 Å². The minimum Gasteiger partial charge on any atom is -0.489 e. The fourth-order valence-electron chi connectivity index (χ4n) is 4.72. The number of nitrogens with zero attached hydrogens (tertiary/aromatic N) is 2. The largest absolute Gasteiger partial charge is 0.573 e. The number of ether oxygens (including phenoxy) is 3. The predicted molar refractivity (Wildman–Crippen MR) is 153 cm³/mol. The molecule has 0 aliphatic heterocycles. The zero-order chi connectivity index (χ0) is 29.5. The van der Waals surface area contributed by atoms with Gasteiger partial charge in [0.1, 0.15) is 23.9 Å². The third kappa shape index (κ3) is 7.28. The van der Waals surface area contributed by atoms with E-state index in [1.807, 2.05) is 77.4 Å².